The molecule has 2 nitrogen and oxygen atoms in total. The van der Waals surface area contributed by atoms with Crippen LogP contribution in [0.25, 0.3) is 11.0 Å². The number of hydrogen-bond donors (Lipinski definition) is 1. The molecule has 0 aliphatic heterocycles. The van der Waals surface area contributed by atoms with Crippen LogP contribution in [0.1, 0.15) is 51.7 Å². The molecular formula is C17H25NO. The number of benzene rings is 1. The first-order valence-corrected chi connectivity index (χ1v) is 7.50. The van der Waals surface area contributed by atoms with Crippen molar-refractivity contribution in [2.24, 2.45) is 0 Å². The van der Waals surface area contributed by atoms with Crippen LogP contribution in [-0.4, -0.2) is 6.04 Å². The average Bonchev–Trinajstić information content (AvgIpc) is 2.84. The Kier molecular flexibility index (Phi) is 5.46. The van der Waals surface area contributed by atoms with Crippen LogP contribution in [0.5, 0.6) is 0 Å². The molecule has 2 heteroatoms. The van der Waals surface area contributed by atoms with Crippen molar-refractivity contribution in [3.8, 4) is 0 Å². The zero-order valence-electron chi connectivity index (χ0n) is 12.1. The Balaban J connectivity index is 1.75. The lowest BCUT2D eigenvalue weighted by molar-refractivity contribution is 0.445. The van der Waals surface area contributed by atoms with Gasteiger partial charge in [0.05, 0.1) is 6.54 Å². The van der Waals surface area contributed by atoms with Crippen LogP contribution in [-0.2, 0) is 6.54 Å². The maximum absolute atomic E-state index is 5.80. The lowest BCUT2D eigenvalue weighted by Crippen LogP contribution is -2.25. The molecule has 2 rings (SSSR count). The van der Waals surface area contributed by atoms with Gasteiger partial charge in [-0.15, -0.1) is 0 Å². The number of rotatable bonds is 8. The fourth-order valence-corrected chi connectivity index (χ4v) is 2.38. The minimum absolute atomic E-state index is 0.560. The highest BCUT2D eigenvalue weighted by Gasteiger charge is 2.05. The van der Waals surface area contributed by atoms with E-state index in [1.165, 1.54) is 37.5 Å². The summed E-state index contributed by atoms with van der Waals surface area (Å²) in [7, 11) is 0. The van der Waals surface area contributed by atoms with Crippen LogP contribution >= 0.6 is 0 Å². The maximum atomic E-state index is 5.80. The van der Waals surface area contributed by atoms with Gasteiger partial charge in [0.15, 0.2) is 0 Å². The third-order valence-electron chi connectivity index (χ3n) is 3.59. The number of fused-ring (bicyclic) bond motifs is 1. The standard InChI is InChI=1S/C17H25NO/c1-3-4-5-6-9-14(2)18-13-16-12-15-10-7-8-11-17(15)19-16/h7-8,10-12,14,18H,3-6,9,13H2,1-2H3. The molecular weight excluding hydrogens is 234 g/mol. The topological polar surface area (TPSA) is 25.2 Å². The van der Waals surface area contributed by atoms with E-state index in [-0.39, 0.29) is 0 Å². The third-order valence-corrected chi connectivity index (χ3v) is 3.59. The molecule has 1 aromatic carbocycles. The molecule has 104 valence electrons. The van der Waals surface area contributed by atoms with Crippen LogP contribution in [0.4, 0.5) is 0 Å². The molecule has 0 saturated heterocycles. The van der Waals surface area contributed by atoms with E-state index in [0.717, 1.165) is 17.9 Å². The molecule has 2 aromatic rings. The quantitative estimate of drug-likeness (QED) is 0.683. The van der Waals surface area contributed by atoms with Gasteiger partial charge in [-0.2, -0.15) is 0 Å². The van der Waals surface area contributed by atoms with Gasteiger partial charge >= 0.3 is 0 Å². The first-order valence-electron chi connectivity index (χ1n) is 7.50. The molecule has 19 heavy (non-hydrogen) atoms. The number of unbranched alkanes of at least 4 members (excludes halogenated alkanes) is 3. The number of para-hydroxylation sites is 1. The van der Waals surface area contributed by atoms with Crippen LogP contribution in [0.15, 0.2) is 34.7 Å². The van der Waals surface area contributed by atoms with Gasteiger partial charge in [-0.05, 0) is 25.5 Å². The lowest BCUT2D eigenvalue weighted by Gasteiger charge is -2.12. The largest absolute Gasteiger partial charge is 0.460 e. The Morgan fingerprint density at radius 3 is 2.79 bits per heavy atom. The first-order chi connectivity index (χ1) is 9.29. The molecule has 0 radical (unpaired) electrons. The van der Waals surface area contributed by atoms with Gasteiger partial charge in [0, 0.05) is 11.4 Å². The molecule has 1 heterocycles. The van der Waals surface area contributed by atoms with E-state index in [0.29, 0.717) is 6.04 Å². The zero-order chi connectivity index (χ0) is 13.5. The van der Waals surface area contributed by atoms with Crippen molar-refractivity contribution in [2.75, 3.05) is 0 Å². The predicted molar refractivity (Wildman–Crippen MR) is 81.3 cm³/mol. The molecule has 0 spiro atoms. The van der Waals surface area contributed by atoms with Crippen molar-refractivity contribution in [3.63, 3.8) is 0 Å². The highest BCUT2D eigenvalue weighted by Crippen LogP contribution is 2.18. The fraction of sp³-hybridized carbons (Fsp3) is 0.529. The van der Waals surface area contributed by atoms with Crippen molar-refractivity contribution in [3.05, 3.63) is 36.1 Å². The smallest absolute Gasteiger partial charge is 0.134 e. The Bertz CT molecular complexity index is 456. The van der Waals surface area contributed by atoms with E-state index in [1.807, 2.05) is 18.2 Å². The minimum atomic E-state index is 0.560. The molecule has 0 amide bonds. The summed E-state index contributed by atoms with van der Waals surface area (Å²) in [6.07, 6.45) is 6.59. The van der Waals surface area contributed by atoms with Crippen LogP contribution in [0.2, 0.25) is 0 Å². The minimum Gasteiger partial charge on any atom is -0.460 e. The summed E-state index contributed by atoms with van der Waals surface area (Å²) in [5.74, 6) is 1.03. The maximum Gasteiger partial charge on any atom is 0.134 e. The summed E-state index contributed by atoms with van der Waals surface area (Å²) in [5.41, 5.74) is 0.981. The summed E-state index contributed by atoms with van der Waals surface area (Å²) >= 11 is 0. The second kappa shape index (κ2) is 7.34. The third kappa shape index (κ3) is 4.39. The summed E-state index contributed by atoms with van der Waals surface area (Å²) in [4.78, 5) is 0. The van der Waals surface area contributed by atoms with Gasteiger partial charge in [-0.1, -0.05) is 50.8 Å². The van der Waals surface area contributed by atoms with Crippen molar-refractivity contribution in [1.29, 1.82) is 0 Å². The molecule has 0 bridgehead atoms. The second-order valence-electron chi connectivity index (χ2n) is 5.38. The van der Waals surface area contributed by atoms with E-state index >= 15 is 0 Å². The highest BCUT2D eigenvalue weighted by molar-refractivity contribution is 5.77. The van der Waals surface area contributed by atoms with Gasteiger partial charge < -0.3 is 9.73 Å². The Labute approximate surface area is 116 Å². The van der Waals surface area contributed by atoms with E-state index < -0.39 is 0 Å². The second-order valence-corrected chi connectivity index (χ2v) is 5.38. The van der Waals surface area contributed by atoms with E-state index in [1.54, 1.807) is 0 Å². The summed E-state index contributed by atoms with van der Waals surface area (Å²) in [5, 5.41) is 4.73. The Hall–Kier alpha value is -1.28. The monoisotopic (exact) mass is 259 g/mol. The van der Waals surface area contributed by atoms with Gasteiger partial charge in [0.25, 0.3) is 0 Å². The fourth-order valence-electron chi connectivity index (χ4n) is 2.38. The van der Waals surface area contributed by atoms with Crippen LogP contribution in [0.3, 0.4) is 0 Å². The Morgan fingerprint density at radius 1 is 1.16 bits per heavy atom. The van der Waals surface area contributed by atoms with Gasteiger partial charge in [0.2, 0.25) is 0 Å². The zero-order valence-corrected chi connectivity index (χ0v) is 12.1. The van der Waals surface area contributed by atoms with Crippen LogP contribution < -0.4 is 5.32 Å². The highest BCUT2D eigenvalue weighted by atomic mass is 16.3. The van der Waals surface area contributed by atoms with Gasteiger partial charge in [-0.25, -0.2) is 0 Å². The predicted octanol–water partition coefficient (Wildman–Crippen LogP) is 4.88. The number of nitrogens with one attached hydrogen (secondary N) is 1. The van der Waals surface area contributed by atoms with Crippen molar-refractivity contribution >= 4 is 11.0 Å². The SMILES string of the molecule is CCCCCCC(C)NCc1cc2ccccc2o1. The van der Waals surface area contributed by atoms with Crippen molar-refractivity contribution in [1.82, 2.24) is 5.32 Å². The van der Waals surface area contributed by atoms with E-state index in [9.17, 15) is 0 Å². The molecule has 1 unspecified atom stereocenters. The van der Waals surface area contributed by atoms with Gasteiger partial charge in [0.1, 0.15) is 11.3 Å². The molecule has 1 atom stereocenters. The van der Waals surface area contributed by atoms with Crippen LogP contribution in [0, 0.1) is 0 Å². The summed E-state index contributed by atoms with van der Waals surface area (Å²) < 4.78 is 5.80. The molecule has 1 aromatic heterocycles. The first kappa shape index (κ1) is 14.1. The van der Waals surface area contributed by atoms with Gasteiger partial charge in [-0.3, -0.25) is 0 Å². The van der Waals surface area contributed by atoms with Crippen molar-refractivity contribution in [2.45, 2.75) is 58.5 Å². The molecule has 0 saturated carbocycles. The summed E-state index contributed by atoms with van der Waals surface area (Å²) in [6, 6.07) is 10.9. The molecule has 0 aliphatic carbocycles. The van der Waals surface area contributed by atoms with E-state index in [4.69, 9.17) is 4.42 Å². The molecule has 0 fully saturated rings. The molecule has 1 N–H and O–H groups in total. The van der Waals surface area contributed by atoms with E-state index in [2.05, 4.69) is 31.3 Å². The average molecular weight is 259 g/mol. The Morgan fingerprint density at radius 2 is 2.00 bits per heavy atom. The summed E-state index contributed by atoms with van der Waals surface area (Å²) in [6.45, 7) is 5.33. The number of hydrogen-bond acceptors (Lipinski definition) is 2. The molecule has 0 aliphatic rings. The lowest BCUT2D eigenvalue weighted by atomic mass is 10.1. The normalized spacial score (nSPS) is 12.9. The number of furan rings is 1. The van der Waals surface area contributed by atoms with Crippen molar-refractivity contribution < 1.29 is 4.42 Å².